The van der Waals surface area contributed by atoms with Crippen molar-refractivity contribution in [1.29, 1.82) is 0 Å². The maximum Gasteiger partial charge on any atom is 0.255 e. The Morgan fingerprint density at radius 2 is 2.12 bits per heavy atom. The molecule has 3 N–H and O–H groups in total. The van der Waals surface area contributed by atoms with Crippen LogP contribution in [0.5, 0.6) is 5.75 Å². The molecule has 0 saturated carbocycles. The molecule has 2 aromatic rings. The van der Waals surface area contributed by atoms with Crippen LogP contribution in [-0.4, -0.2) is 30.7 Å². The van der Waals surface area contributed by atoms with E-state index in [2.05, 4.69) is 10.3 Å². The zero-order chi connectivity index (χ0) is 17.2. The van der Waals surface area contributed by atoms with Crippen LogP contribution in [0.3, 0.4) is 0 Å². The molecule has 1 heterocycles. The van der Waals surface area contributed by atoms with Gasteiger partial charge in [-0.25, -0.2) is 4.98 Å². The minimum absolute atomic E-state index is 0.224. The minimum atomic E-state index is -0.247. The van der Waals surface area contributed by atoms with Crippen molar-refractivity contribution in [3.05, 3.63) is 53.7 Å². The quantitative estimate of drug-likeness (QED) is 0.690. The van der Waals surface area contributed by atoms with E-state index in [0.717, 1.165) is 24.3 Å². The Bertz CT molecular complexity index is 661. The van der Waals surface area contributed by atoms with Gasteiger partial charge in [-0.15, -0.1) is 0 Å². The van der Waals surface area contributed by atoms with E-state index in [9.17, 15) is 4.79 Å². The number of pyridine rings is 1. The Balaban J connectivity index is 1.83. The second kappa shape index (κ2) is 9.52. The van der Waals surface area contributed by atoms with Crippen molar-refractivity contribution in [2.75, 3.05) is 25.6 Å². The Morgan fingerprint density at radius 3 is 2.92 bits per heavy atom. The first-order chi connectivity index (χ1) is 11.7. The van der Waals surface area contributed by atoms with Crippen molar-refractivity contribution in [2.24, 2.45) is 0 Å². The molecule has 1 amide bonds. The molecule has 2 rings (SSSR count). The summed E-state index contributed by atoms with van der Waals surface area (Å²) in [5.74, 6) is 0.754. The van der Waals surface area contributed by atoms with E-state index in [1.54, 1.807) is 18.3 Å². The van der Waals surface area contributed by atoms with Crippen molar-refractivity contribution in [3.8, 4) is 5.75 Å². The van der Waals surface area contributed by atoms with Gasteiger partial charge in [0.1, 0.15) is 11.6 Å². The van der Waals surface area contributed by atoms with Gasteiger partial charge in [-0.2, -0.15) is 0 Å². The average molecular weight is 329 g/mol. The first-order valence-electron chi connectivity index (χ1n) is 7.99. The van der Waals surface area contributed by atoms with Gasteiger partial charge < -0.3 is 20.5 Å². The van der Waals surface area contributed by atoms with E-state index in [4.69, 9.17) is 15.2 Å². The number of nitrogens with one attached hydrogen (secondary N) is 1. The third-order valence-corrected chi connectivity index (χ3v) is 3.34. The molecule has 0 unspecified atom stereocenters. The summed E-state index contributed by atoms with van der Waals surface area (Å²) < 4.78 is 11.0. The Hall–Kier alpha value is -2.60. The van der Waals surface area contributed by atoms with Crippen molar-refractivity contribution >= 4 is 11.7 Å². The van der Waals surface area contributed by atoms with E-state index in [0.29, 0.717) is 25.3 Å². The highest BCUT2D eigenvalue weighted by molar-refractivity contribution is 5.98. The van der Waals surface area contributed by atoms with Crippen LogP contribution in [0.15, 0.2) is 42.6 Å². The van der Waals surface area contributed by atoms with Crippen LogP contribution >= 0.6 is 0 Å². The van der Waals surface area contributed by atoms with Crippen LogP contribution in [0.2, 0.25) is 0 Å². The third-order valence-electron chi connectivity index (χ3n) is 3.34. The Kier molecular flexibility index (Phi) is 7.04. The normalized spacial score (nSPS) is 10.4. The molecule has 6 heteroatoms. The lowest BCUT2D eigenvalue weighted by molar-refractivity contribution is 0.0951. The van der Waals surface area contributed by atoms with Gasteiger partial charge in [0.05, 0.1) is 12.2 Å². The van der Waals surface area contributed by atoms with Gasteiger partial charge in [-0.05, 0) is 36.8 Å². The monoisotopic (exact) mass is 329 g/mol. The lowest BCUT2D eigenvalue weighted by Crippen LogP contribution is -2.24. The first kappa shape index (κ1) is 17.7. The summed E-state index contributed by atoms with van der Waals surface area (Å²) in [6.45, 7) is 4.37. The van der Waals surface area contributed by atoms with Crippen molar-refractivity contribution in [1.82, 2.24) is 10.3 Å². The number of ether oxygens (including phenoxy) is 2. The fourth-order valence-corrected chi connectivity index (χ4v) is 2.13. The van der Waals surface area contributed by atoms with Gasteiger partial charge >= 0.3 is 0 Å². The SMILES string of the molecule is CCOCCCOc1cccc(CNC(=O)c2cccnc2N)c1. The predicted molar refractivity (Wildman–Crippen MR) is 92.9 cm³/mol. The van der Waals surface area contributed by atoms with E-state index in [1.165, 1.54) is 0 Å². The molecule has 0 bridgehead atoms. The second-order valence-electron chi connectivity index (χ2n) is 5.17. The minimum Gasteiger partial charge on any atom is -0.493 e. The second-order valence-corrected chi connectivity index (χ2v) is 5.17. The molecule has 0 saturated heterocycles. The molecule has 0 fully saturated rings. The smallest absolute Gasteiger partial charge is 0.255 e. The highest BCUT2D eigenvalue weighted by Gasteiger charge is 2.09. The van der Waals surface area contributed by atoms with Crippen LogP contribution in [0, 0.1) is 0 Å². The summed E-state index contributed by atoms with van der Waals surface area (Å²) in [5, 5.41) is 2.83. The topological polar surface area (TPSA) is 86.5 Å². The summed E-state index contributed by atoms with van der Waals surface area (Å²) in [6, 6.07) is 11.0. The summed E-state index contributed by atoms with van der Waals surface area (Å²) >= 11 is 0. The van der Waals surface area contributed by atoms with Crippen molar-refractivity contribution in [3.63, 3.8) is 0 Å². The average Bonchev–Trinajstić information content (AvgIpc) is 2.60. The number of anilines is 1. The molecule has 24 heavy (non-hydrogen) atoms. The molecular formula is C18H23N3O3. The number of hydrogen-bond donors (Lipinski definition) is 2. The number of aromatic nitrogens is 1. The summed E-state index contributed by atoms with van der Waals surface area (Å²) in [6.07, 6.45) is 2.40. The molecule has 0 aliphatic carbocycles. The Morgan fingerprint density at radius 1 is 1.25 bits per heavy atom. The lowest BCUT2D eigenvalue weighted by atomic mass is 10.2. The third kappa shape index (κ3) is 5.55. The summed E-state index contributed by atoms with van der Waals surface area (Å²) in [7, 11) is 0. The van der Waals surface area contributed by atoms with E-state index < -0.39 is 0 Å². The summed E-state index contributed by atoms with van der Waals surface area (Å²) in [5.41, 5.74) is 7.03. The predicted octanol–water partition coefficient (Wildman–Crippen LogP) is 2.40. The molecule has 0 aliphatic rings. The van der Waals surface area contributed by atoms with Crippen LogP contribution in [0.1, 0.15) is 29.3 Å². The molecule has 1 aromatic heterocycles. The number of nitrogens with two attached hydrogens (primary N) is 1. The molecule has 1 aromatic carbocycles. The van der Waals surface area contributed by atoms with Gasteiger partial charge in [0.15, 0.2) is 0 Å². The number of amides is 1. The zero-order valence-electron chi connectivity index (χ0n) is 13.8. The summed E-state index contributed by atoms with van der Waals surface area (Å²) in [4.78, 5) is 16.0. The van der Waals surface area contributed by atoms with Gasteiger partial charge in [0, 0.05) is 32.4 Å². The number of carbonyl (C=O) groups is 1. The van der Waals surface area contributed by atoms with Crippen molar-refractivity contribution < 1.29 is 14.3 Å². The van der Waals surface area contributed by atoms with Crippen LogP contribution in [-0.2, 0) is 11.3 Å². The maximum absolute atomic E-state index is 12.1. The number of rotatable bonds is 9. The molecule has 0 radical (unpaired) electrons. The number of carbonyl (C=O) groups excluding carboxylic acids is 1. The molecule has 128 valence electrons. The van der Waals surface area contributed by atoms with E-state index >= 15 is 0 Å². The number of benzene rings is 1. The standard InChI is InChI=1S/C18H23N3O3/c1-2-23-10-5-11-24-15-7-3-6-14(12-15)13-21-18(22)16-8-4-9-20-17(16)19/h3-4,6-9,12H,2,5,10-11,13H2,1H3,(H2,19,20)(H,21,22). The first-order valence-corrected chi connectivity index (χ1v) is 7.99. The molecule has 0 spiro atoms. The molecule has 0 atom stereocenters. The highest BCUT2D eigenvalue weighted by Crippen LogP contribution is 2.14. The van der Waals surface area contributed by atoms with Crippen LogP contribution < -0.4 is 15.8 Å². The zero-order valence-corrected chi connectivity index (χ0v) is 13.8. The molecule has 6 nitrogen and oxygen atoms in total. The molecular weight excluding hydrogens is 306 g/mol. The number of nitrogen functional groups attached to an aromatic ring is 1. The fraction of sp³-hybridized carbons (Fsp3) is 0.333. The van der Waals surface area contributed by atoms with E-state index in [1.807, 2.05) is 31.2 Å². The van der Waals surface area contributed by atoms with Crippen LogP contribution in [0.25, 0.3) is 0 Å². The van der Waals surface area contributed by atoms with Gasteiger partial charge in [-0.3, -0.25) is 4.79 Å². The Labute approximate surface area is 142 Å². The number of nitrogens with zero attached hydrogens (tertiary/aromatic N) is 1. The molecule has 0 aliphatic heterocycles. The lowest BCUT2D eigenvalue weighted by Gasteiger charge is -2.10. The van der Waals surface area contributed by atoms with Crippen molar-refractivity contribution in [2.45, 2.75) is 19.9 Å². The highest BCUT2D eigenvalue weighted by atomic mass is 16.5. The van der Waals surface area contributed by atoms with Gasteiger partial charge in [-0.1, -0.05) is 12.1 Å². The van der Waals surface area contributed by atoms with Gasteiger partial charge in [0.2, 0.25) is 0 Å². The largest absolute Gasteiger partial charge is 0.493 e. The fourth-order valence-electron chi connectivity index (χ4n) is 2.13. The van der Waals surface area contributed by atoms with Crippen LogP contribution in [0.4, 0.5) is 5.82 Å². The maximum atomic E-state index is 12.1. The number of hydrogen-bond acceptors (Lipinski definition) is 5. The van der Waals surface area contributed by atoms with Gasteiger partial charge in [0.25, 0.3) is 5.91 Å². The van der Waals surface area contributed by atoms with E-state index in [-0.39, 0.29) is 11.7 Å².